The van der Waals surface area contributed by atoms with Gasteiger partial charge in [-0.05, 0) is 18.2 Å². The Kier molecular flexibility index (Phi) is 2.59. The summed E-state index contributed by atoms with van der Waals surface area (Å²) in [5, 5.41) is 0. The summed E-state index contributed by atoms with van der Waals surface area (Å²) in [4.78, 5) is 11.3. The second kappa shape index (κ2) is 3.67. The molecule has 1 aliphatic heterocycles. The molecule has 7 heteroatoms. The van der Waals surface area contributed by atoms with Crippen molar-refractivity contribution in [2.75, 3.05) is 11.0 Å². The molecule has 0 radical (unpaired) electrons. The second-order valence-electron chi connectivity index (χ2n) is 3.43. The Labute approximate surface area is 98.3 Å². The van der Waals surface area contributed by atoms with Gasteiger partial charge in [-0.3, -0.25) is 4.72 Å². The lowest BCUT2D eigenvalue weighted by Crippen LogP contribution is -2.09. The van der Waals surface area contributed by atoms with Gasteiger partial charge in [0.15, 0.2) is 5.44 Å². The van der Waals surface area contributed by atoms with Crippen LogP contribution in [-0.4, -0.2) is 20.6 Å². The quantitative estimate of drug-likeness (QED) is 0.617. The van der Waals surface area contributed by atoms with E-state index in [0.29, 0.717) is 16.8 Å². The van der Waals surface area contributed by atoms with E-state index in [1.807, 2.05) is 0 Å². The average Bonchev–Trinajstić information content (AvgIpc) is 2.40. The van der Waals surface area contributed by atoms with E-state index in [-0.39, 0.29) is 0 Å². The molecule has 0 aliphatic carbocycles. The fraction of sp³-hybridized carbons (Fsp3) is 0.222. The van der Waals surface area contributed by atoms with Crippen molar-refractivity contribution in [3.05, 3.63) is 29.3 Å². The number of sulfonamides is 1. The van der Waals surface area contributed by atoms with Gasteiger partial charge in [-0.1, -0.05) is 0 Å². The van der Waals surface area contributed by atoms with Gasteiger partial charge in [0.1, 0.15) is 0 Å². The van der Waals surface area contributed by atoms with Gasteiger partial charge in [0.05, 0.1) is 11.8 Å². The van der Waals surface area contributed by atoms with Crippen LogP contribution in [0.4, 0.5) is 5.69 Å². The van der Waals surface area contributed by atoms with Crippen LogP contribution in [0.25, 0.3) is 0 Å². The first kappa shape index (κ1) is 11.3. The van der Waals surface area contributed by atoms with Gasteiger partial charge in [-0.15, -0.1) is 12.6 Å². The third-order valence-electron chi connectivity index (χ3n) is 2.06. The first-order chi connectivity index (χ1) is 7.37. The highest BCUT2D eigenvalue weighted by molar-refractivity contribution is 7.92. The number of esters is 1. The second-order valence-corrected chi connectivity index (χ2v) is 5.65. The lowest BCUT2D eigenvalue weighted by atomic mass is 10.1. The summed E-state index contributed by atoms with van der Waals surface area (Å²) in [6.07, 6.45) is 1.06. The maximum atomic E-state index is 11.3. The zero-order valence-corrected chi connectivity index (χ0v) is 10.0. The maximum absolute atomic E-state index is 11.3. The predicted molar refractivity (Wildman–Crippen MR) is 62.1 cm³/mol. The highest BCUT2D eigenvalue weighted by Gasteiger charge is 2.28. The smallest absolute Gasteiger partial charge is 0.340 e. The molecular formula is C9H9NO4S2. The summed E-state index contributed by atoms with van der Waals surface area (Å²) in [6.45, 7) is 0. The number of fused-ring (bicyclic) bond motifs is 1. The van der Waals surface area contributed by atoms with E-state index < -0.39 is 21.4 Å². The average molecular weight is 259 g/mol. The molecule has 0 aromatic heterocycles. The Hall–Kier alpha value is -1.21. The van der Waals surface area contributed by atoms with E-state index in [0.717, 1.165) is 6.26 Å². The molecular weight excluding hydrogens is 250 g/mol. The van der Waals surface area contributed by atoms with Crippen LogP contribution in [0.5, 0.6) is 0 Å². The Morgan fingerprint density at radius 2 is 2.12 bits per heavy atom. The Morgan fingerprint density at radius 1 is 1.44 bits per heavy atom. The first-order valence-corrected chi connectivity index (χ1v) is 6.78. The number of carbonyl (C=O) groups is 1. The topological polar surface area (TPSA) is 72.5 Å². The molecule has 0 saturated carbocycles. The summed E-state index contributed by atoms with van der Waals surface area (Å²) >= 11 is 4.07. The molecule has 1 aromatic carbocycles. The van der Waals surface area contributed by atoms with Crippen LogP contribution in [0.15, 0.2) is 18.2 Å². The molecule has 1 unspecified atom stereocenters. The number of rotatable bonds is 2. The molecule has 0 saturated heterocycles. The van der Waals surface area contributed by atoms with Crippen molar-refractivity contribution in [2.45, 2.75) is 5.44 Å². The zero-order chi connectivity index (χ0) is 11.9. The van der Waals surface area contributed by atoms with Crippen LogP contribution >= 0.6 is 12.6 Å². The standard InChI is InChI=1S/C9H9NO4S2/c1-16(12,13)10-5-2-3-6-7(4-5)9(15)14-8(6)11/h2-4,9-10,15H,1H3. The van der Waals surface area contributed by atoms with Crippen LogP contribution in [-0.2, 0) is 14.8 Å². The van der Waals surface area contributed by atoms with Crippen molar-refractivity contribution < 1.29 is 17.9 Å². The van der Waals surface area contributed by atoms with Gasteiger partial charge in [-0.25, -0.2) is 13.2 Å². The monoisotopic (exact) mass is 259 g/mol. The highest BCUT2D eigenvalue weighted by Crippen LogP contribution is 2.34. The largest absolute Gasteiger partial charge is 0.443 e. The van der Waals surface area contributed by atoms with Crippen LogP contribution in [0.1, 0.15) is 21.4 Å². The van der Waals surface area contributed by atoms with E-state index in [1.165, 1.54) is 12.1 Å². The zero-order valence-electron chi connectivity index (χ0n) is 8.30. The van der Waals surface area contributed by atoms with Crippen molar-refractivity contribution in [3.63, 3.8) is 0 Å². The van der Waals surface area contributed by atoms with Crippen LogP contribution in [0.3, 0.4) is 0 Å². The van der Waals surface area contributed by atoms with E-state index in [1.54, 1.807) is 6.07 Å². The molecule has 0 spiro atoms. The number of anilines is 1. The van der Waals surface area contributed by atoms with E-state index >= 15 is 0 Å². The van der Waals surface area contributed by atoms with Gasteiger partial charge in [-0.2, -0.15) is 0 Å². The molecule has 1 aromatic rings. The fourth-order valence-electron chi connectivity index (χ4n) is 1.46. The van der Waals surface area contributed by atoms with E-state index in [9.17, 15) is 13.2 Å². The molecule has 1 heterocycles. The molecule has 16 heavy (non-hydrogen) atoms. The molecule has 0 fully saturated rings. The van der Waals surface area contributed by atoms with Crippen molar-refractivity contribution in [3.8, 4) is 0 Å². The number of hydrogen-bond donors (Lipinski definition) is 2. The maximum Gasteiger partial charge on any atom is 0.340 e. The number of nitrogens with one attached hydrogen (secondary N) is 1. The minimum atomic E-state index is -3.33. The van der Waals surface area contributed by atoms with Crippen molar-refractivity contribution in [1.82, 2.24) is 0 Å². The Morgan fingerprint density at radius 3 is 2.75 bits per heavy atom. The summed E-state index contributed by atoms with van der Waals surface area (Å²) in [5.74, 6) is -0.444. The first-order valence-electron chi connectivity index (χ1n) is 4.37. The minimum absolute atomic E-state index is 0.388. The molecule has 2 rings (SSSR count). The van der Waals surface area contributed by atoms with E-state index in [4.69, 9.17) is 4.74 Å². The van der Waals surface area contributed by atoms with Gasteiger partial charge in [0, 0.05) is 11.3 Å². The van der Waals surface area contributed by atoms with Gasteiger partial charge >= 0.3 is 5.97 Å². The molecule has 0 bridgehead atoms. The van der Waals surface area contributed by atoms with Crippen molar-refractivity contribution in [1.29, 1.82) is 0 Å². The highest BCUT2D eigenvalue weighted by atomic mass is 32.2. The molecule has 1 aliphatic rings. The number of thiol groups is 1. The van der Waals surface area contributed by atoms with Crippen molar-refractivity contribution >= 4 is 34.3 Å². The predicted octanol–water partition coefficient (Wildman–Crippen LogP) is 1.16. The lowest BCUT2D eigenvalue weighted by molar-refractivity contribution is 0.0524. The summed E-state index contributed by atoms with van der Waals surface area (Å²) in [7, 11) is -3.33. The third kappa shape index (κ3) is 2.14. The number of carbonyl (C=O) groups excluding carboxylic acids is 1. The van der Waals surface area contributed by atoms with Crippen LogP contribution in [0.2, 0.25) is 0 Å². The molecule has 0 amide bonds. The third-order valence-corrected chi connectivity index (χ3v) is 3.05. The van der Waals surface area contributed by atoms with Gasteiger partial charge in [0.2, 0.25) is 10.0 Å². The molecule has 1 atom stereocenters. The van der Waals surface area contributed by atoms with E-state index in [2.05, 4.69) is 17.4 Å². The SMILES string of the molecule is CS(=O)(=O)Nc1ccc2c(c1)C(S)OC2=O. The molecule has 86 valence electrons. The molecule has 1 N–H and O–H groups in total. The van der Waals surface area contributed by atoms with Crippen molar-refractivity contribution in [2.24, 2.45) is 0 Å². The minimum Gasteiger partial charge on any atom is -0.443 e. The Bertz CT molecular complexity index is 553. The van der Waals surface area contributed by atoms with Gasteiger partial charge in [0.25, 0.3) is 0 Å². The number of ether oxygens (including phenoxy) is 1. The van der Waals surface area contributed by atoms with Crippen LogP contribution in [0, 0.1) is 0 Å². The summed E-state index contributed by atoms with van der Waals surface area (Å²) in [6, 6.07) is 4.56. The molecule has 5 nitrogen and oxygen atoms in total. The number of hydrogen-bond acceptors (Lipinski definition) is 5. The fourth-order valence-corrected chi connectivity index (χ4v) is 2.32. The lowest BCUT2D eigenvalue weighted by Gasteiger charge is -2.06. The number of benzene rings is 1. The van der Waals surface area contributed by atoms with Gasteiger partial charge < -0.3 is 4.74 Å². The number of cyclic esters (lactones) is 1. The van der Waals surface area contributed by atoms with Crippen LogP contribution < -0.4 is 4.72 Å². The summed E-state index contributed by atoms with van der Waals surface area (Å²) < 4.78 is 29.2. The normalized spacial score (nSPS) is 19.1. The Balaban J connectivity index is 2.41. The summed E-state index contributed by atoms with van der Waals surface area (Å²) in [5.41, 5.74) is 0.739.